The fraction of sp³-hybridized carbons (Fsp3) is 0.750. The van der Waals surface area contributed by atoms with E-state index in [4.69, 9.17) is 10.5 Å². The van der Waals surface area contributed by atoms with Crippen LogP contribution in [0.5, 0.6) is 0 Å². The normalized spacial score (nSPS) is 28.8. The Hall–Kier alpha value is -1.05. The van der Waals surface area contributed by atoms with E-state index >= 15 is 0 Å². The molecule has 1 fully saturated rings. The van der Waals surface area contributed by atoms with Gasteiger partial charge in [-0.25, -0.2) is 4.98 Å². The van der Waals surface area contributed by atoms with E-state index < -0.39 is 11.0 Å². The van der Waals surface area contributed by atoms with Crippen molar-refractivity contribution in [2.75, 3.05) is 11.9 Å². The Morgan fingerprint density at radius 3 is 2.79 bits per heavy atom. The van der Waals surface area contributed by atoms with Crippen molar-refractivity contribution < 1.29 is 9.53 Å². The van der Waals surface area contributed by atoms with Gasteiger partial charge < -0.3 is 10.5 Å². The number of aromatic nitrogens is 2. The van der Waals surface area contributed by atoms with E-state index in [2.05, 4.69) is 14.7 Å². The van der Waals surface area contributed by atoms with Gasteiger partial charge in [0.1, 0.15) is 11.4 Å². The molecule has 106 valence electrons. The molecular weight excluding hydrogens is 264 g/mol. The lowest BCUT2D eigenvalue weighted by molar-refractivity contribution is -0.166. The van der Waals surface area contributed by atoms with Gasteiger partial charge in [-0.05, 0) is 13.8 Å². The fourth-order valence-electron chi connectivity index (χ4n) is 2.38. The van der Waals surface area contributed by atoms with Gasteiger partial charge >= 0.3 is 0 Å². The van der Waals surface area contributed by atoms with Crippen molar-refractivity contribution in [3.8, 4) is 0 Å². The van der Waals surface area contributed by atoms with Crippen LogP contribution >= 0.6 is 11.5 Å². The third kappa shape index (κ3) is 2.26. The SMILES string of the molecule is CCOC1CC(N)(C(=O)Nc2nc(C)ns2)C1(C)C. The molecule has 1 saturated carbocycles. The highest BCUT2D eigenvalue weighted by Crippen LogP contribution is 2.50. The van der Waals surface area contributed by atoms with Crippen molar-refractivity contribution in [1.29, 1.82) is 0 Å². The molecule has 0 radical (unpaired) electrons. The molecule has 0 saturated heterocycles. The lowest BCUT2D eigenvalue weighted by Gasteiger charge is -2.57. The van der Waals surface area contributed by atoms with E-state index in [1.807, 2.05) is 20.8 Å². The van der Waals surface area contributed by atoms with E-state index in [1.54, 1.807) is 6.92 Å². The third-order valence-corrected chi connectivity index (χ3v) is 4.70. The quantitative estimate of drug-likeness (QED) is 0.870. The molecule has 6 nitrogen and oxygen atoms in total. The van der Waals surface area contributed by atoms with Crippen LogP contribution in [0.2, 0.25) is 0 Å². The smallest absolute Gasteiger partial charge is 0.247 e. The van der Waals surface area contributed by atoms with Gasteiger partial charge in [-0.2, -0.15) is 4.37 Å². The molecule has 2 atom stereocenters. The fourth-order valence-corrected chi connectivity index (χ4v) is 2.95. The summed E-state index contributed by atoms with van der Waals surface area (Å²) in [4.78, 5) is 16.5. The first kappa shape index (κ1) is 14.4. The number of anilines is 1. The molecule has 2 rings (SSSR count). The Kier molecular flexibility index (Phi) is 3.63. The minimum absolute atomic E-state index is 0.0180. The maximum atomic E-state index is 12.3. The number of nitrogens with one attached hydrogen (secondary N) is 1. The Labute approximate surface area is 116 Å². The molecule has 2 unspecified atom stereocenters. The summed E-state index contributed by atoms with van der Waals surface area (Å²) in [6, 6.07) is 0. The maximum absolute atomic E-state index is 12.3. The average molecular weight is 284 g/mol. The first-order valence-electron chi connectivity index (χ1n) is 6.33. The standard InChI is InChI=1S/C12H20N4O2S/c1-5-18-8-6-12(13,11(8,3)4)9(17)15-10-14-7(2)16-19-10/h8H,5-6,13H2,1-4H3,(H,14,15,16,17). The van der Waals surface area contributed by atoms with Gasteiger partial charge in [0.2, 0.25) is 11.0 Å². The predicted octanol–water partition coefficient (Wildman–Crippen LogP) is 1.32. The number of carbonyl (C=O) groups is 1. The Morgan fingerprint density at radius 1 is 1.63 bits per heavy atom. The third-order valence-electron chi connectivity index (χ3n) is 3.98. The zero-order chi connectivity index (χ0) is 14.3. The summed E-state index contributed by atoms with van der Waals surface area (Å²) in [5.74, 6) is 0.427. The van der Waals surface area contributed by atoms with Crippen LogP contribution in [0.1, 0.15) is 33.0 Å². The number of nitrogens with two attached hydrogens (primary N) is 1. The second-order valence-corrected chi connectivity index (χ2v) is 6.19. The lowest BCUT2D eigenvalue weighted by Crippen LogP contribution is -2.74. The molecule has 1 amide bonds. The van der Waals surface area contributed by atoms with Crippen molar-refractivity contribution in [3.05, 3.63) is 5.82 Å². The van der Waals surface area contributed by atoms with Crippen molar-refractivity contribution in [3.63, 3.8) is 0 Å². The summed E-state index contributed by atoms with van der Waals surface area (Å²) < 4.78 is 9.63. The molecule has 3 N–H and O–H groups in total. The summed E-state index contributed by atoms with van der Waals surface area (Å²) in [7, 11) is 0. The number of amides is 1. The number of hydrogen-bond acceptors (Lipinski definition) is 6. The molecule has 0 aromatic carbocycles. The van der Waals surface area contributed by atoms with Crippen LogP contribution in [0.4, 0.5) is 5.13 Å². The molecule has 7 heteroatoms. The monoisotopic (exact) mass is 284 g/mol. The summed E-state index contributed by atoms with van der Waals surface area (Å²) in [6.07, 6.45) is 0.543. The zero-order valence-corrected chi connectivity index (χ0v) is 12.5. The average Bonchev–Trinajstić information content (AvgIpc) is 2.74. The Balaban J connectivity index is 2.07. The number of rotatable bonds is 4. The van der Waals surface area contributed by atoms with Crippen LogP contribution in [0.3, 0.4) is 0 Å². The van der Waals surface area contributed by atoms with Crippen LogP contribution in [-0.4, -0.2) is 33.5 Å². The van der Waals surface area contributed by atoms with E-state index in [-0.39, 0.29) is 12.0 Å². The number of ether oxygens (including phenoxy) is 1. The first-order valence-corrected chi connectivity index (χ1v) is 7.11. The second kappa shape index (κ2) is 4.81. The van der Waals surface area contributed by atoms with Crippen molar-refractivity contribution in [2.45, 2.75) is 45.8 Å². The molecule has 1 heterocycles. The second-order valence-electron chi connectivity index (χ2n) is 5.44. The summed E-state index contributed by atoms with van der Waals surface area (Å²) >= 11 is 1.16. The van der Waals surface area contributed by atoms with Gasteiger partial charge in [0.25, 0.3) is 0 Å². The van der Waals surface area contributed by atoms with Crippen molar-refractivity contribution in [2.24, 2.45) is 11.1 Å². The van der Waals surface area contributed by atoms with Gasteiger partial charge in [-0.15, -0.1) is 0 Å². The molecular formula is C12H20N4O2S. The molecule has 0 aliphatic heterocycles. The van der Waals surface area contributed by atoms with Crippen molar-refractivity contribution >= 4 is 22.6 Å². The minimum Gasteiger partial charge on any atom is -0.378 e. The predicted molar refractivity (Wildman–Crippen MR) is 74.0 cm³/mol. The molecule has 0 bridgehead atoms. The van der Waals surface area contributed by atoms with Gasteiger partial charge in [0.05, 0.1) is 6.10 Å². The van der Waals surface area contributed by atoms with Crippen LogP contribution in [0, 0.1) is 12.3 Å². The number of nitrogens with zero attached hydrogens (tertiary/aromatic N) is 2. The maximum Gasteiger partial charge on any atom is 0.247 e. The zero-order valence-electron chi connectivity index (χ0n) is 11.7. The van der Waals surface area contributed by atoms with Gasteiger partial charge in [0.15, 0.2) is 0 Å². The van der Waals surface area contributed by atoms with E-state index in [9.17, 15) is 4.79 Å². The van der Waals surface area contributed by atoms with Crippen LogP contribution in [0.25, 0.3) is 0 Å². The van der Waals surface area contributed by atoms with Crippen LogP contribution < -0.4 is 11.1 Å². The van der Waals surface area contributed by atoms with Gasteiger partial charge in [-0.1, -0.05) is 13.8 Å². The first-order chi connectivity index (χ1) is 8.81. The molecule has 1 aromatic heterocycles. The molecule has 0 spiro atoms. The Bertz CT molecular complexity index is 488. The molecule has 1 aromatic rings. The van der Waals surface area contributed by atoms with E-state index in [1.165, 1.54) is 0 Å². The number of hydrogen-bond donors (Lipinski definition) is 2. The van der Waals surface area contributed by atoms with E-state index in [0.29, 0.717) is 24.0 Å². The van der Waals surface area contributed by atoms with Gasteiger partial charge in [-0.3, -0.25) is 10.1 Å². The highest BCUT2D eigenvalue weighted by atomic mass is 32.1. The van der Waals surface area contributed by atoms with Crippen molar-refractivity contribution in [1.82, 2.24) is 9.36 Å². The number of aryl methyl sites for hydroxylation is 1. The minimum atomic E-state index is -0.924. The molecule has 19 heavy (non-hydrogen) atoms. The summed E-state index contributed by atoms with van der Waals surface area (Å²) in [6.45, 7) is 8.27. The highest BCUT2D eigenvalue weighted by Gasteiger charge is 2.63. The molecule has 1 aliphatic carbocycles. The Morgan fingerprint density at radius 2 is 2.32 bits per heavy atom. The molecule has 1 aliphatic rings. The topological polar surface area (TPSA) is 90.1 Å². The van der Waals surface area contributed by atoms with E-state index in [0.717, 1.165) is 11.5 Å². The van der Waals surface area contributed by atoms with Gasteiger partial charge in [0, 0.05) is 30.0 Å². The summed E-state index contributed by atoms with van der Waals surface area (Å²) in [5, 5.41) is 3.24. The lowest BCUT2D eigenvalue weighted by atomic mass is 9.54. The summed E-state index contributed by atoms with van der Waals surface area (Å²) in [5.41, 5.74) is 4.94. The van der Waals surface area contributed by atoms with Crippen LogP contribution in [0.15, 0.2) is 0 Å². The highest BCUT2D eigenvalue weighted by molar-refractivity contribution is 7.09. The van der Waals surface area contributed by atoms with Crippen LogP contribution in [-0.2, 0) is 9.53 Å². The largest absolute Gasteiger partial charge is 0.378 e. The number of carbonyl (C=O) groups excluding carboxylic acids is 1.